The highest BCUT2D eigenvalue weighted by Gasteiger charge is 2.29. The molecule has 0 bridgehead atoms. The minimum Gasteiger partial charge on any atom is -0.367 e. The second-order valence-electron chi connectivity index (χ2n) is 9.43. The number of nitrogens with zero attached hydrogens (tertiary/aromatic N) is 3. The molecular weight excluding hydrogens is 573 g/mol. The number of benzene rings is 3. The molecule has 0 radical (unpaired) electrons. The molecule has 0 saturated heterocycles. The van der Waals surface area contributed by atoms with Crippen LogP contribution in [0.15, 0.2) is 60.9 Å². The Bertz CT molecular complexity index is 1620. The molecule has 0 saturated carbocycles. The molecule has 1 aromatic heterocycles. The summed E-state index contributed by atoms with van der Waals surface area (Å²) in [6.07, 6.45) is 1.88. The molecule has 3 aromatic carbocycles. The van der Waals surface area contributed by atoms with Crippen molar-refractivity contribution in [2.24, 2.45) is 0 Å². The van der Waals surface area contributed by atoms with Gasteiger partial charge in [0.05, 0.1) is 21.1 Å². The van der Waals surface area contributed by atoms with Crippen LogP contribution in [0.2, 0.25) is 15.1 Å². The van der Waals surface area contributed by atoms with E-state index in [-0.39, 0.29) is 33.8 Å². The minimum atomic E-state index is -0.864. The van der Waals surface area contributed by atoms with Gasteiger partial charge in [0.2, 0.25) is 0 Å². The molecule has 8 nitrogen and oxygen atoms in total. The maximum atomic E-state index is 13.3. The summed E-state index contributed by atoms with van der Waals surface area (Å²) in [6.45, 7) is 2.21. The van der Waals surface area contributed by atoms with Gasteiger partial charge in [-0.1, -0.05) is 46.9 Å². The van der Waals surface area contributed by atoms with Crippen molar-refractivity contribution < 1.29 is 14.4 Å². The largest absolute Gasteiger partial charge is 0.367 e. The standard InChI is InChI=1S/C29H24Cl3N5O3/c1-16(38)24(13-33-27-21-4-2-3-5-23(21)34-15-35-27)36-28(39)25-22(31)12-18-14-37(11-10-20(18)26(25)32)29(40)17-6-8-19(30)9-7-17/h2-9,12,15,24H,10-11,13-14H2,1H3,(H,36,39)(H,33,34,35)/t24-/m0/s1. The molecule has 2 amide bonds. The highest BCUT2D eigenvalue weighted by molar-refractivity contribution is 6.40. The lowest BCUT2D eigenvalue weighted by atomic mass is 9.96. The minimum absolute atomic E-state index is 0.0956. The van der Waals surface area contributed by atoms with Crippen LogP contribution in [-0.2, 0) is 17.8 Å². The third-order valence-electron chi connectivity index (χ3n) is 6.82. The molecule has 0 fully saturated rings. The van der Waals surface area contributed by atoms with Crippen LogP contribution in [0.1, 0.15) is 38.8 Å². The van der Waals surface area contributed by atoms with E-state index >= 15 is 0 Å². The van der Waals surface area contributed by atoms with Gasteiger partial charge in [0.25, 0.3) is 11.8 Å². The number of aromatic nitrogens is 2. The molecule has 1 aliphatic rings. The fraction of sp³-hybridized carbons (Fsp3) is 0.207. The summed E-state index contributed by atoms with van der Waals surface area (Å²) >= 11 is 19.2. The third-order valence-corrected chi connectivity index (χ3v) is 7.79. The van der Waals surface area contributed by atoms with Crippen molar-refractivity contribution >= 4 is 69.1 Å². The van der Waals surface area contributed by atoms with E-state index in [0.29, 0.717) is 35.9 Å². The topological polar surface area (TPSA) is 104 Å². The Labute approximate surface area is 245 Å². The van der Waals surface area contributed by atoms with Crippen molar-refractivity contribution in [3.8, 4) is 0 Å². The van der Waals surface area contributed by atoms with Gasteiger partial charge in [0, 0.05) is 35.6 Å². The van der Waals surface area contributed by atoms with E-state index in [1.54, 1.807) is 35.2 Å². The number of carbonyl (C=O) groups is 3. The smallest absolute Gasteiger partial charge is 0.254 e. The first-order valence-electron chi connectivity index (χ1n) is 12.5. The van der Waals surface area contributed by atoms with Crippen molar-refractivity contribution in [3.63, 3.8) is 0 Å². The van der Waals surface area contributed by atoms with E-state index in [0.717, 1.165) is 22.0 Å². The zero-order chi connectivity index (χ0) is 28.4. The van der Waals surface area contributed by atoms with Gasteiger partial charge < -0.3 is 15.5 Å². The summed E-state index contributed by atoms with van der Waals surface area (Å²) in [5.74, 6) is -0.397. The van der Waals surface area contributed by atoms with Crippen LogP contribution >= 0.6 is 34.8 Å². The Kier molecular flexibility index (Phi) is 8.21. The van der Waals surface area contributed by atoms with Crippen LogP contribution in [0.3, 0.4) is 0 Å². The SMILES string of the molecule is CC(=O)[C@H](CNc1ncnc2ccccc12)NC(=O)c1c(Cl)cc2c(c1Cl)CCN(C(=O)c1ccc(Cl)cc1)C2. The number of halogens is 3. The number of carbonyl (C=O) groups excluding carboxylic acids is 3. The average Bonchev–Trinajstić information content (AvgIpc) is 2.94. The van der Waals surface area contributed by atoms with Crippen LogP contribution in [0.5, 0.6) is 0 Å². The van der Waals surface area contributed by atoms with Crippen LogP contribution in [0.25, 0.3) is 10.9 Å². The van der Waals surface area contributed by atoms with Gasteiger partial charge in [-0.25, -0.2) is 9.97 Å². The maximum absolute atomic E-state index is 13.3. The first-order chi connectivity index (χ1) is 19.2. The summed E-state index contributed by atoms with van der Waals surface area (Å²) in [4.78, 5) is 49.0. The first-order valence-corrected chi connectivity index (χ1v) is 13.7. The molecule has 0 unspecified atom stereocenters. The van der Waals surface area contributed by atoms with Gasteiger partial charge in [-0.2, -0.15) is 0 Å². The Morgan fingerprint density at radius 2 is 1.77 bits per heavy atom. The summed E-state index contributed by atoms with van der Waals surface area (Å²) in [5.41, 5.74) is 2.89. The summed E-state index contributed by atoms with van der Waals surface area (Å²) < 4.78 is 0. The van der Waals surface area contributed by atoms with Crippen molar-refractivity contribution in [3.05, 3.63) is 98.2 Å². The number of anilines is 1. The number of nitrogens with one attached hydrogen (secondary N) is 2. The van der Waals surface area contributed by atoms with Crippen molar-refractivity contribution in [1.29, 1.82) is 0 Å². The molecule has 40 heavy (non-hydrogen) atoms. The molecule has 1 atom stereocenters. The number of Topliss-reactive ketones (excluding diaryl/α,β-unsaturated/α-hetero) is 1. The summed E-state index contributed by atoms with van der Waals surface area (Å²) in [7, 11) is 0. The molecular formula is C29H24Cl3N5O3. The monoisotopic (exact) mass is 595 g/mol. The predicted octanol–water partition coefficient (Wildman–Crippen LogP) is 5.59. The van der Waals surface area contributed by atoms with Crippen LogP contribution < -0.4 is 10.6 Å². The van der Waals surface area contributed by atoms with Crippen molar-refractivity contribution in [2.75, 3.05) is 18.4 Å². The number of rotatable bonds is 7. The predicted molar refractivity (Wildman–Crippen MR) is 156 cm³/mol. The van der Waals surface area contributed by atoms with E-state index < -0.39 is 11.9 Å². The second kappa shape index (κ2) is 11.8. The average molecular weight is 597 g/mol. The normalized spacial score (nSPS) is 13.4. The lowest BCUT2D eigenvalue weighted by Gasteiger charge is -2.30. The zero-order valence-corrected chi connectivity index (χ0v) is 23.6. The lowest BCUT2D eigenvalue weighted by Crippen LogP contribution is -2.44. The fourth-order valence-corrected chi connectivity index (χ4v) is 5.57. The van der Waals surface area contributed by atoms with Gasteiger partial charge in [0.1, 0.15) is 18.2 Å². The number of hydrogen-bond acceptors (Lipinski definition) is 6. The molecule has 204 valence electrons. The highest BCUT2D eigenvalue weighted by atomic mass is 35.5. The Morgan fingerprint density at radius 3 is 2.52 bits per heavy atom. The summed E-state index contributed by atoms with van der Waals surface area (Å²) in [5, 5.41) is 7.60. The third kappa shape index (κ3) is 5.75. The van der Waals surface area contributed by atoms with Gasteiger partial charge in [-0.15, -0.1) is 0 Å². The van der Waals surface area contributed by atoms with Gasteiger partial charge >= 0.3 is 0 Å². The Morgan fingerprint density at radius 1 is 1.02 bits per heavy atom. The van der Waals surface area contributed by atoms with Crippen molar-refractivity contribution in [1.82, 2.24) is 20.2 Å². The number of para-hydroxylation sites is 1. The quantitative estimate of drug-likeness (QED) is 0.288. The van der Waals surface area contributed by atoms with E-state index in [1.807, 2.05) is 24.3 Å². The van der Waals surface area contributed by atoms with E-state index in [2.05, 4.69) is 20.6 Å². The highest BCUT2D eigenvalue weighted by Crippen LogP contribution is 2.35. The van der Waals surface area contributed by atoms with E-state index in [9.17, 15) is 14.4 Å². The maximum Gasteiger partial charge on any atom is 0.254 e. The van der Waals surface area contributed by atoms with Crippen LogP contribution in [-0.4, -0.2) is 51.6 Å². The van der Waals surface area contributed by atoms with Crippen LogP contribution in [0, 0.1) is 0 Å². The van der Waals surface area contributed by atoms with Gasteiger partial charge in [-0.3, -0.25) is 14.4 Å². The molecule has 1 aliphatic heterocycles. The molecule has 0 spiro atoms. The van der Waals surface area contributed by atoms with E-state index in [1.165, 1.54) is 13.3 Å². The Hall–Kier alpha value is -3.72. The molecule has 5 rings (SSSR count). The second-order valence-corrected chi connectivity index (χ2v) is 10.6. The van der Waals surface area contributed by atoms with E-state index in [4.69, 9.17) is 34.8 Å². The number of hydrogen-bond donors (Lipinski definition) is 2. The zero-order valence-electron chi connectivity index (χ0n) is 21.4. The number of fused-ring (bicyclic) bond motifs is 2. The molecule has 2 heterocycles. The number of amides is 2. The molecule has 4 aromatic rings. The molecule has 11 heteroatoms. The first kappa shape index (κ1) is 27.8. The fourth-order valence-electron chi connectivity index (χ4n) is 4.68. The lowest BCUT2D eigenvalue weighted by molar-refractivity contribution is -0.118. The van der Waals surface area contributed by atoms with Gasteiger partial charge in [0.15, 0.2) is 5.78 Å². The van der Waals surface area contributed by atoms with Crippen molar-refractivity contribution in [2.45, 2.75) is 25.9 Å². The number of ketones is 1. The Balaban J connectivity index is 1.32. The van der Waals surface area contributed by atoms with Gasteiger partial charge in [-0.05, 0) is 66.9 Å². The van der Waals surface area contributed by atoms with Crippen LogP contribution in [0.4, 0.5) is 5.82 Å². The summed E-state index contributed by atoms with van der Waals surface area (Å²) in [6, 6.07) is 15.0. The molecule has 2 N–H and O–H groups in total. The molecule has 0 aliphatic carbocycles.